The first-order valence-corrected chi connectivity index (χ1v) is 9.34. The monoisotopic (exact) mass is 394 g/mol. The van der Waals surface area contributed by atoms with Gasteiger partial charge in [0.25, 0.3) is 0 Å². The average molecular weight is 394 g/mol. The first-order valence-electron chi connectivity index (χ1n) is 9.34. The second-order valence-electron chi connectivity index (χ2n) is 7.60. The summed E-state index contributed by atoms with van der Waals surface area (Å²) >= 11 is 0. The highest BCUT2D eigenvalue weighted by Gasteiger charge is 2.38. The van der Waals surface area contributed by atoms with Crippen LogP contribution in [0.5, 0.6) is 0 Å². The van der Waals surface area contributed by atoms with Crippen molar-refractivity contribution < 1.29 is 28.5 Å². The molecule has 0 aliphatic carbocycles. The van der Waals surface area contributed by atoms with Crippen molar-refractivity contribution in [2.75, 3.05) is 33.4 Å². The minimum atomic E-state index is -0.608. The predicted molar refractivity (Wildman–Crippen MR) is 103 cm³/mol. The number of nitrogens with one attached hydrogen (secondary N) is 1. The molecule has 1 saturated heterocycles. The van der Waals surface area contributed by atoms with Crippen molar-refractivity contribution >= 4 is 12.2 Å². The second kappa shape index (κ2) is 10.3. The fourth-order valence-electron chi connectivity index (χ4n) is 2.78. The van der Waals surface area contributed by atoms with Gasteiger partial charge in [0, 0.05) is 13.7 Å². The molecule has 1 aromatic rings. The van der Waals surface area contributed by atoms with Crippen molar-refractivity contribution in [3.8, 4) is 0 Å². The lowest BCUT2D eigenvalue weighted by Crippen LogP contribution is -2.46. The van der Waals surface area contributed by atoms with Crippen LogP contribution >= 0.6 is 0 Å². The molecule has 0 aromatic heterocycles. The van der Waals surface area contributed by atoms with Gasteiger partial charge >= 0.3 is 12.2 Å². The third-order valence-corrected chi connectivity index (χ3v) is 4.05. The molecule has 2 atom stereocenters. The van der Waals surface area contributed by atoms with E-state index in [0.29, 0.717) is 19.8 Å². The summed E-state index contributed by atoms with van der Waals surface area (Å²) < 4.78 is 21.5. The van der Waals surface area contributed by atoms with Crippen LogP contribution in [0.4, 0.5) is 9.59 Å². The van der Waals surface area contributed by atoms with Gasteiger partial charge in [-0.1, -0.05) is 30.3 Å². The molecule has 0 bridgehead atoms. The van der Waals surface area contributed by atoms with E-state index in [1.165, 1.54) is 4.90 Å². The predicted octanol–water partition coefficient (Wildman–Crippen LogP) is 2.56. The van der Waals surface area contributed by atoms with Crippen LogP contribution in [0.25, 0.3) is 0 Å². The Kier molecular flexibility index (Phi) is 8.07. The number of benzene rings is 1. The standard InChI is InChI=1S/C20H30N2O6/c1-20(2,3)28-18(23)21-16-12-22(13-17(16)26-11-10-25-4)19(24)27-14-15-8-6-5-7-9-15/h5-9,16-17H,10-14H2,1-4H3,(H,21,23). The van der Waals surface area contributed by atoms with E-state index in [1.807, 2.05) is 30.3 Å². The summed E-state index contributed by atoms with van der Waals surface area (Å²) in [4.78, 5) is 26.1. The number of methoxy groups -OCH3 is 1. The Bertz CT molecular complexity index is 631. The number of alkyl carbamates (subject to hydrolysis) is 1. The molecule has 1 N–H and O–H groups in total. The van der Waals surface area contributed by atoms with Gasteiger partial charge in [0.05, 0.1) is 31.9 Å². The summed E-state index contributed by atoms with van der Waals surface area (Å²) in [5.74, 6) is 0. The Morgan fingerprint density at radius 1 is 1.14 bits per heavy atom. The van der Waals surface area contributed by atoms with Crippen molar-refractivity contribution in [3.63, 3.8) is 0 Å². The fourth-order valence-corrected chi connectivity index (χ4v) is 2.78. The minimum Gasteiger partial charge on any atom is -0.445 e. The van der Waals surface area contributed by atoms with Crippen LogP contribution in [0.15, 0.2) is 30.3 Å². The van der Waals surface area contributed by atoms with Gasteiger partial charge in [-0.15, -0.1) is 0 Å². The summed E-state index contributed by atoms with van der Waals surface area (Å²) in [6, 6.07) is 9.07. The molecule has 1 heterocycles. The Morgan fingerprint density at radius 3 is 2.50 bits per heavy atom. The van der Waals surface area contributed by atoms with E-state index in [2.05, 4.69) is 5.32 Å². The summed E-state index contributed by atoms with van der Waals surface area (Å²) in [5.41, 5.74) is 0.301. The van der Waals surface area contributed by atoms with Crippen LogP contribution in [-0.2, 0) is 25.6 Å². The lowest BCUT2D eigenvalue weighted by atomic mass is 10.2. The lowest BCUT2D eigenvalue weighted by molar-refractivity contribution is 0.00629. The summed E-state index contributed by atoms with van der Waals surface area (Å²) in [7, 11) is 1.59. The Labute approximate surface area is 166 Å². The minimum absolute atomic E-state index is 0.190. The highest BCUT2D eigenvalue weighted by Crippen LogP contribution is 2.17. The Morgan fingerprint density at radius 2 is 1.86 bits per heavy atom. The van der Waals surface area contributed by atoms with Crippen molar-refractivity contribution in [1.82, 2.24) is 10.2 Å². The molecule has 2 rings (SSSR count). The normalized spacial score (nSPS) is 19.4. The lowest BCUT2D eigenvalue weighted by Gasteiger charge is -2.24. The molecule has 156 valence electrons. The number of carbonyl (C=O) groups is 2. The molecule has 0 radical (unpaired) electrons. The van der Waals surface area contributed by atoms with Crippen molar-refractivity contribution in [1.29, 1.82) is 0 Å². The molecule has 1 aliphatic heterocycles. The molecule has 2 amide bonds. The number of ether oxygens (including phenoxy) is 4. The third-order valence-electron chi connectivity index (χ3n) is 4.05. The summed E-state index contributed by atoms with van der Waals surface area (Å²) in [6.45, 7) is 6.95. The molecule has 1 aromatic carbocycles. The zero-order valence-electron chi connectivity index (χ0n) is 17.0. The number of hydrogen-bond acceptors (Lipinski definition) is 6. The SMILES string of the molecule is COCCOC1CN(C(=O)OCc2ccccc2)CC1NC(=O)OC(C)(C)C. The zero-order chi connectivity index (χ0) is 20.6. The average Bonchev–Trinajstić information content (AvgIpc) is 3.02. The van der Waals surface area contributed by atoms with Crippen LogP contribution in [0.1, 0.15) is 26.3 Å². The molecule has 8 nitrogen and oxygen atoms in total. The number of carbonyl (C=O) groups excluding carboxylic acids is 2. The largest absolute Gasteiger partial charge is 0.445 e. The number of rotatable bonds is 7. The Balaban J connectivity index is 1.92. The van der Waals surface area contributed by atoms with Gasteiger partial charge in [0.2, 0.25) is 0 Å². The van der Waals surface area contributed by atoms with Gasteiger partial charge in [0.1, 0.15) is 12.2 Å². The second-order valence-corrected chi connectivity index (χ2v) is 7.60. The highest BCUT2D eigenvalue weighted by molar-refractivity contribution is 5.70. The number of amides is 2. The molecule has 28 heavy (non-hydrogen) atoms. The van der Waals surface area contributed by atoms with E-state index in [-0.39, 0.29) is 19.3 Å². The van der Waals surface area contributed by atoms with E-state index in [0.717, 1.165) is 5.56 Å². The first-order chi connectivity index (χ1) is 13.3. The molecule has 1 fully saturated rings. The molecule has 0 saturated carbocycles. The number of likely N-dealkylation sites (tertiary alicyclic amines) is 1. The number of hydrogen-bond donors (Lipinski definition) is 1. The van der Waals surface area contributed by atoms with Crippen LogP contribution in [-0.4, -0.2) is 68.2 Å². The summed E-state index contributed by atoms with van der Waals surface area (Å²) in [5, 5.41) is 2.79. The van der Waals surface area contributed by atoms with Gasteiger partial charge in [-0.2, -0.15) is 0 Å². The van der Waals surface area contributed by atoms with Gasteiger partial charge in [-0.3, -0.25) is 0 Å². The van der Waals surface area contributed by atoms with Gasteiger partial charge < -0.3 is 29.2 Å². The smallest absolute Gasteiger partial charge is 0.410 e. The van der Waals surface area contributed by atoms with E-state index >= 15 is 0 Å². The maximum absolute atomic E-state index is 12.4. The number of nitrogens with zero attached hydrogens (tertiary/aromatic N) is 1. The molecule has 1 aliphatic rings. The maximum atomic E-state index is 12.4. The van der Waals surface area contributed by atoms with Crippen LogP contribution in [0.2, 0.25) is 0 Å². The van der Waals surface area contributed by atoms with Crippen molar-refractivity contribution in [3.05, 3.63) is 35.9 Å². The van der Waals surface area contributed by atoms with E-state index in [4.69, 9.17) is 18.9 Å². The molecular formula is C20H30N2O6. The van der Waals surface area contributed by atoms with Crippen molar-refractivity contribution in [2.45, 2.75) is 45.1 Å². The van der Waals surface area contributed by atoms with Gasteiger partial charge in [0.15, 0.2) is 0 Å². The van der Waals surface area contributed by atoms with Gasteiger partial charge in [-0.25, -0.2) is 9.59 Å². The zero-order valence-corrected chi connectivity index (χ0v) is 17.0. The topological polar surface area (TPSA) is 86.3 Å². The van der Waals surface area contributed by atoms with E-state index in [1.54, 1.807) is 27.9 Å². The Hall–Kier alpha value is -2.32. The molecule has 2 unspecified atom stereocenters. The molecule has 8 heteroatoms. The van der Waals surface area contributed by atoms with E-state index in [9.17, 15) is 9.59 Å². The fraction of sp³-hybridized carbons (Fsp3) is 0.600. The quantitative estimate of drug-likeness (QED) is 0.716. The van der Waals surface area contributed by atoms with Crippen LogP contribution < -0.4 is 5.32 Å². The molecule has 0 spiro atoms. The first kappa shape index (κ1) is 22.0. The van der Waals surface area contributed by atoms with Crippen LogP contribution in [0, 0.1) is 0 Å². The van der Waals surface area contributed by atoms with Crippen LogP contribution in [0.3, 0.4) is 0 Å². The van der Waals surface area contributed by atoms with Gasteiger partial charge in [-0.05, 0) is 26.3 Å². The molecular weight excluding hydrogens is 364 g/mol. The third kappa shape index (κ3) is 7.36. The summed E-state index contributed by atoms with van der Waals surface area (Å²) in [6.07, 6.45) is -1.36. The van der Waals surface area contributed by atoms with Crippen molar-refractivity contribution in [2.24, 2.45) is 0 Å². The highest BCUT2D eigenvalue weighted by atomic mass is 16.6. The van der Waals surface area contributed by atoms with E-state index < -0.39 is 23.8 Å². The maximum Gasteiger partial charge on any atom is 0.410 e.